The molecule has 3 N–H and O–H groups in total. The van der Waals surface area contributed by atoms with E-state index in [9.17, 15) is 19.8 Å². The normalized spacial score (nSPS) is 31.3. The lowest BCUT2D eigenvalue weighted by atomic mass is 9.45. The lowest BCUT2D eigenvalue weighted by Gasteiger charge is -2.62. The van der Waals surface area contributed by atoms with E-state index < -0.39 is 24.2 Å². The molecule has 8 nitrogen and oxygen atoms in total. The minimum Gasteiger partial charge on any atom is -0.394 e. The van der Waals surface area contributed by atoms with Crippen LogP contribution in [0.2, 0.25) is 0 Å². The van der Waals surface area contributed by atoms with Crippen LogP contribution in [0.15, 0.2) is 48.5 Å². The van der Waals surface area contributed by atoms with Crippen LogP contribution in [-0.4, -0.2) is 77.0 Å². The third-order valence-corrected chi connectivity index (χ3v) is 10.2. The van der Waals surface area contributed by atoms with Gasteiger partial charge in [0.05, 0.1) is 19.3 Å². The first-order chi connectivity index (χ1) is 19.4. The first-order valence-corrected chi connectivity index (χ1v) is 14.9. The summed E-state index contributed by atoms with van der Waals surface area (Å²) in [5.41, 5.74) is 3.84. The molecule has 8 heteroatoms. The molecule has 2 aromatic rings. The van der Waals surface area contributed by atoms with Gasteiger partial charge in [0.1, 0.15) is 12.1 Å². The number of benzene rings is 2. The van der Waals surface area contributed by atoms with E-state index in [4.69, 9.17) is 4.84 Å². The Morgan fingerprint density at radius 1 is 1.12 bits per heavy atom. The van der Waals surface area contributed by atoms with E-state index in [1.807, 2.05) is 48.5 Å². The van der Waals surface area contributed by atoms with Crippen LogP contribution in [0.4, 0.5) is 0 Å². The van der Waals surface area contributed by atoms with Gasteiger partial charge >= 0.3 is 0 Å². The SMILES string of the molecule is CC1C(NC(=O)[C@@H]2[C@H]([C@H](C)O)C(CO)ON2Cc2cccc(-c3ccc(C(=O)N(C)C)cc3)c2)C[C@H]2C[C@@H]1C2(C)C. The summed E-state index contributed by atoms with van der Waals surface area (Å²) in [5.74, 6) is 0.827. The quantitative estimate of drug-likeness (QED) is 0.453. The summed E-state index contributed by atoms with van der Waals surface area (Å²) < 4.78 is 0. The molecule has 4 aliphatic rings. The Hall–Kier alpha value is -2.78. The number of rotatable bonds is 8. The Bertz CT molecular complexity index is 1260. The second kappa shape index (κ2) is 11.5. The number of carbonyl (C=O) groups excluding carboxylic acids is 2. The standard InChI is InChI=1S/C33H45N3O5/c1-19-26-15-25(33(26,3)4)16-27(19)34-31(39)30-29(20(2)38)28(18-37)41-36(30)17-21-8-7-9-24(14-21)22-10-12-23(13-11-22)32(40)35(5)6/h7-14,19-20,25-30,37-38H,15-18H2,1-6H3,(H,34,39)/t19?,20-,25+,26-,27?,28?,29+,30-/m0/s1. The van der Waals surface area contributed by atoms with E-state index in [0.29, 0.717) is 35.3 Å². The predicted octanol–water partition coefficient (Wildman–Crippen LogP) is 3.72. The van der Waals surface area contributed by atoms with Gasteiger partial charge in [-0.25, -0.2) is 0 Å². The molecule has 0 radical (unpaired) electrons. The average Bonchev–Trinajstić information content (AvgIpc) is 3.32. The summed E-state index contributed by atoms with van der Waals surface area (Å²) in [4.78, 5) is 33.8. The fraction of sp³-hybridized carbons (Fsp3) is 0.576. The fourth-order valence-electron chi connectivity index (χ4n) is 7.58. The van der Waals surface area contributed by atoms with Gasteiger partial charge < -0.3 is 20.4 Å². The maximum atomic E-state index is 13.9. The Balaban J connectivity index is 1.34. The van der Waals surface area contributed by atoms with Crippen LogP contribution in [0.25, 0.3) is 11.1 Å². The van der Waals surface area contributed by atoms with Crippen LogP contribution < -0.4 is 5.32 Å². The summed E-state index contributed by atoms with van der Waals surface area (Å²) in [5, 5.41) is 25.8. The number of fused-ring (bicyclic) bond motifs is 2. The Kier molecular flexibility index (Phi) is 8.32. The third kappa shape index (κ3) is 5.55. The average molecular weight is 564 g/mol. The molecule has 3 saturated carbocycles. The third-order valence-electron chi connectivity index (χ3n) is 10.2. The molecule has 8 atom stereocenters. The minimum atomic E-state index is -0.834. The molecule has 2 aromatic carbocycles. The molecule has 4 fully saturated rings. The zero-order valence-electron chi connectivity index (χ0n) is 25.1. The molecule has 3 unspecified atom stereocenters. The predicted molar refractivity (Wildman–Crippen MR) is 157 cm³/mol. The lowest BCUT2D eigenvalue weighted by Crippen LogP contribution is -2.62. The molecule has 3 aliphatic carbocycles. The van der Waals surface area contributed by atoms with Crippen molar-refractivity contribution in [2.75, 3.05) is 20.7 Å². The number of hydrogen-bond donors (Lipinski definition) is 3. The smallest absolute Gasteiger partial charge is 0.253 e. The van der Waals surface area contributed by atoms with E-state index in [-0.39, 0.29) is 24.5 Å². The maximum absolute atomic E-state index is 13.9. The van der Waals surface area contributed by atoms with Crippen molar-refractivity contribution >= 4 is 11.8 Å². The van der Waals surface area contributed by atoms with Crippen molar-refractivity contribution in [3.05, 3.63) is 59.7 Å². The highest BCUT2D eigenvalue weighted by Crippen LogP contribution is 2.61. The van der Waals surface area contributed by atoms with Crippen LogP contribution in [0, 0.1) is 29.1 Å². The van der Waals surface area contributed by atoms with E-state index >= 15 is 0 Å². The van der Waals surface area contributed by atoms with Crippen LogP contribution in [0.5, 0.6) is 0 Å². The van der Waals surface area contributed by atoms with Crippen molar-refractivity contribution in [2.45, 2.75) is 71.4 Å². The number of amides is 2. The highest BCUT2D eigenvalue weighted by Gasteiger charge is 2.57. The van der Waals surface area contributed by atoms with Crippen LogP contribution >= 0.6 is 0 Å². The minimum absolute atomic E-state index is 0.0460. The number of hydrogen-bond acceptors (Lipinski definition) is 6. The molecule has 0 aromatic heterocycles. The molecule has 2 amide bonds. The van der Waals surface area contributed by atoms with Gasteiger partial charge in [0.25, 0.3) is 5.91 Å². The van der Waals surface area contributed by atoms with E-state index in [1.165, 1.54) is 6.42 Å². The first-order valence-electron chi connectivity index (χ1n) is 14.9. The molecule has 0 spiro atoms. The Morgan fingerprint density at radius 3 is 2.41 bits per heavy atom. The van der Waals surface area contributed by atoms with Crippen LogP contribution in [0.3, 0.4) is 0 Å². The monoisotopic (exact) mass is 563 g/mol. The largest absolute Gasteiger partial charge is 0.394 e. The number of nitrogens with zero attached hydrogens (tertiary/aromatic N) is 2. The Labute approximate surface area is 243 Å². The number of nitrogens with one attached hydrogen (secondary N) is 1. The first kappa shape index (κ1) is 29.7. The maximum Gasteiger partial charge on any atom is 0.253 e. The second-order valence-electron chi connectivity index (χ2n) is 13.2. The number of hydroxylamine groups is 2. The zero-order valence-corrected chi connectivity index (χ0v) is 25.1. The number of aliphatic hydroxyl groups excluding tert-OH is 2. The van der Waals surface area contributed by atoms with E-state index in [1.54, 1.807) is 31.0 Å². The number of aliphatic hydroxyl groups is 2. The molecular weight excluding hydrogens is 518 g/mol. The lowest BCUT2D eigenvalue weighted by molar-refractivity contribution is -0.183. The summed E-state index contributed by atoms with van der Waals surface area (Å²) in [6.45, 7) is 8.62. The van der Waals surface area contributed by atoms with E-state index in [0.717, 1.165) is 23.1 Å². The molecule has 222 valence electrons. The molecule has 6 rings (SSSR count). The summed E-state index contributed by atoms with van der Waals surface area (Å²) in [6, 6.07) is 14.9. The van der Waals surface area contributed by atoms with Gasteiger partial charge in [0, 0.05) is 31.6 Å². The molecular formula is C33H45N3O5. The van der Waals surface area contributed by atoms with Crippen LogP contribution in [0.1, 0.15) is 56.5 Å². The van der Waals surface area contributed by atoms with E-state index in [2.05, 4.69) is 26.1 Å². The molecule has 1 saturated heterocycles. The molecule has 1 heterocycles. The fourth-order valence-corrected chi connectivity index (χ4v) is 7.58. The highest BCUT2D eigenvalue weighted by molar-refractivity contribution is 5.94. The summed E-state index contributed by atoms with van der Waals surface area (Å²) in [6.07, 6.45) is 0.687. The summed E-state index contributed by atoms with van der Waals surface area (Å²) >= 11 is 0. The van der Waals surface area contributed by atoms with Gasteiger partial charge in [-0.05, 0) is 77.8 Å². The molecule has 2 bridgehead atoms. The van der Waals surface area contributed by atoms with Crippen molar-refractivity contribution in [3.8, 4) is 11.1 Å². The highest BCUT2D eigenvalue weighted by atomic mass is 16.7. The van der Waals surface area contributed by atoms with Gasteiger partial charge in [0.2, 0.25) is 5.91 Å². The second-order valence-corrected chi connectivity index (χ2v) is 13.2. The number of carbonyl (C=O) groups is 2. The Morgan fingerprint density at radius 2 is 1.83 bits per heavy atom. The van der Waals surface area contributed by atoms with Crippen molar-refractivity contribution in [1.29, 1.82) is 0 Å². The van der Waals surface area contributed by atoms with Gasteiger partial charge in [-0.2, -0.15) is 5.06 Å². The van der Waals surface area contributed by atoms with Crippen molar-refractivity contribution < 1.29 is 24.6 Å². The summed E-state index contributed by atoms with van der Waals surface area (Å²) in [7, 11) is 3.46. The van der Waals surface area contributed by atoms with Crippen molar-refractivity contribution in [3.63, 3.8) is 0 Å². The molecule has 41 heavy (non-hydrogen) atoms. The zero-order chi connectivity index (χ0) is 29.6. The van der Waals surface area contributed by atoms with Crippen molar-refractivity contribution in [2.24, 2.45) is 29.1 Å². The van der Waals surface area contributed by atoms with Gasteiger partial charge in [-0.15, -0.1) is 0 Å². The molecule has 1 aliphatic heterocycles. The van der Waals surface area contributed by atoms with Gasteiger partial charge in [0.15, 0.2) is 0 Å². The topological polar surface area (TPSA) is 102 Å². The van der Waals surface area contributed by atoms with Crippen LogP contribution in [-0.2, 0) is 16.2 Å². The van der Waals surface area contributed by atoms with Crippen molar-refractivity contribution in [1.82, 2.24) is 15.3 Å². The van der Waals surface area contributed by atoms with Gasteiger partial charge in [-0.3, -0.25) is 14.4 Å². The van der Waals surface area contributed by atoms with Gasteiger partial charge in [-0.1, -0.05) is 51.1 Å².